The lowest BCUT2D eigenvalue weighted by Gasteiger charge is -2.10. The molecule has 12 rings (SSSR count). The number of benzene rings is 9. The SMILES string of the molecule is c1ccc(-c2ccc(-c3nc(-c4ccccc4)nc(-c4cccc5oc6ccc(-c7ccc8c(c7)c7ccccc7n8-c7ccc8ccccc8c7)cc6c45)n3)cc2)cc1. The molecule has 0 atom stereocenters. The van der Waals surface area contributed by atoms with E-state index in [1.165, 1.54) is 32.6 Å². The van der Waals surface area contributed by atoms with E-state index in [0.29, 0.717) is 17.5 Å². The van der Waals surface area contributed by atoms with Crippen LogP contribution in [0.15, 0.2) is 211 Å². The monoisotopic (exact) mass is 766 g/mol. The molecule has 3 aromatic heterocycles. The summed E-state index contributed by atoms with van der Waals surface area (Å²) in [5.41, 5.74) is 12.3. The normalized spacial score (nSPS) is 11.7. The van der Waals surface area contributed by atoms with Crippen molar-refractivity contribution in [2.45, 2.75) is 0 Å². The minimum absolute atomic E-state index is 0.590. The highest BCUT2D eigenvalue weighted by Crippen LogP contribution is 2.40. The highest BCUT2D eigenvalue weighted by atomic mass is 16.3. The Kier molecular flexibility index (Phi) is 7.78. The average molecular weight is 767 g/mol. The first kappa shape index (κ1) is 33.9. The average Bonchev–Trinajstić information content (AvgIpc) is 3.87. The summed E-state index contributed by atoms with van der Waals surface area (Å²) >= 11 is 0. The molecule has 0 aliphatic rings. The van der Waals surface area contributed by atoms with Crippen molar-refractivity contribution in [2.24, 2.45) is 0 Å². The van der Waals surface area contributed by atoms with Gasteiger partial charge in [0, 0.05) is 43.9 Å². The number of fused-ring (bicyclic) bond motifs is 7. The molecule has 0 unspecified atom stereocenters. The number of rotatable bonds is 6. The molecule has 0 bridgehead atoms. The first-order chi connectivity index (χ1) is 29.7. The van der Waals surface area contributed by atoms with E-state index in [9.17, 15) is 0 Å². The molecule has 0 aliphatic heterocycles. The van der Waals surface area contributed by atoms with Gasteiger partial charge in [-0.3, -0.25) is 0 Å². The molecule has 0 saturated heterocycles. The van der Waals surface area contributed by atoms with Crippen LogP contribution in [0.1, 0.15) is 0 Å². The zero-order valence-corrected chi connectivity index (χ0v) is 32.3. The van der Waals surface area contributed by atoms with Crippen molar-refractivity contribution in [1.29, 1.82) is 0 Å². The van der Waals surface area contributed by atoms with Crippen LogP contribution in [-0.2, 0) is 0 Å². The van der Waals surface area contributed by atoms with Crippen LogP contribution in [0.3, 0.4) is 0 Å². The number of nitrogens with zero attached hydrogens (tertiary/aromatic N) is 4. The zero-order valence-electron chi connectivity index (χ0n) is 32.3. The summed E-state index contributed by atoms with van der Waals surface area (Å²) in [5, 5.41) is 6.85. The van der Waals surface area contributed by atoms with Gasteiger partial charge in [0.05, 0.1) is 11.0 Å². The smallest absolute Gasteiger partial charge is 0.164 e. The van der Waals surface area contributed by atoms with Crippen LogP contribution < -0.4 is 0 Å². The fourth-order valence-electron chi connectivity index (χ4n) is 8.72. The maximum absolute atomic E-state index is 6.53. The van der Waals surface area contributed by atoms with Gasteiger partial charge >= 0.3 is 0 Å². The lowest BCUT2D eigenvalue weighted by Crippen LogP contribution is -2.00. The predicted molar refractivity (Wildman–Crippen MR) is 246 cm³/mol. The summed E-state index contributed by atoms with van der Waals surface area (Å²) < 4.78 is 8.91. The molecular formula is C55H34N4O. The Morgan fingerprint density at radius 3 is 1.72 bits per heavy atom. The Morgan fingerprint density at radius 1 is 0.333 bits per heavy atom. The van der Waals surface area contributed by atoms with Crippen molar-refractivity contribution in [3.8, 4) is 62.1 Å². The van der Waals surface area contributed by atoms with E-state index in [4.69, 9.17) is 19.4 Å². The second kappa shape index (κ2) is 13.8. The van der Waals surface area contributed by atoms with E-state index >= 15 is 0 Å². The molecule has 0 amide bonds. The Labute approximate surface area is 345 Å². The highest BCUT2D eigenvalue weighted by Gasteiger charge is 2.19. The van der Waals surface area contributed by atoms with Gasteiger partial charge < -0.3 is 8.98 Å². The molecule has 0 N–H and O–H groups in total. The van der Waals surface area contributed by atoms with Crippen LogP contribution >= 0.6 is 0 Å². The molecule has 0 fully saturated rings. The summed E-state index contributed by atoms with van der Waals surface area (Å²) in [6, 6.07) is 72.3. The third kappa shape index (κ3) is 5.67. The van der Waals surface area contributed by atoms with Gasteiger partial charge in [-0.15, -0.1) is 0 Å². The molecule has 12 aromatic rings. The molecule has 0 saturated carbocycles. The zero-order chi connectivity index (χ0) is 39.6. The fraction of sp³-hybridized carbons (Fsp3) is 0. The van der Waals surface area contributed by atoms with Gasteiger partial charge in [0.15, 0.2) is 17.5 Å². The Hall–Kier alpha value is -8.15. The van der Waals surface area contributed by atoms with Gasteiger partial charge in [0.25, 0.3) is 0 Å². The van der Waals surface area contributed by atoms with Gasteiger partial charge in [0.1, 0.15) is 11.2 Å². The topological polar surface area (TPSA) is 56.7 Å². The Morgan fingerprint density at radius 2 is 0.917 bits per heavy atom. The van der Waals surface area contributed by atoms with Crippen LogP contribution in [0.2, 0.25) is 0 Å². The molecule has 280 valence electrons. The minimum Gasteiger partial charge on any atom is -0.456 e. The third-order valence-corrected chi connectivity index (χ3v) is 11.7. The lowest BCUT2D eigenvalue weighted by molar-refractivity contribution is 0.669. The van der Waals surface area contributed by atoms with Crippen molar-refractivity contribution in [1.82, 2.24) is 19.5 Å². The van der Waals surface area contributed by atoms with Crippen LogP contribution in [-0.4, -0.2) is 19.5 Å². The number of furan rings is 1. The second-order valence-electron chi connectivity index (χ2n) is 15.2. The number of para-hydroxylation sites is 1. The Balaban J connectivity index is 0.999. The second-order valence-corrected chi connectivity index (χ2v) is 15.2. The number of hydrogen-bond acceptors (Lipinski definition) is 4. The quantitative estimate of drug-likeness (QED) is 0.169. The van der Waals surface area contributed by atoms with Crippen molar-refractivity contribution in [2.75, 3.05) is 0 Å². The highest BCUT2D eigenvalue weighted by molar-refractivity contribution is 6.14. The van der Waals surface area contributed by atoms with Crippen LogP contribution in [0.4, 0.5) is 0 Å². The maximum atomic E-state index is 6.53. The molecule has 0 radical (unpaired) electrons. The van der Waals surface area contributed by atoms with Crippen molar-refractivity contribution in [3.05, 3.63) is 206 Å². The molecule has 9 aromatic carbocycles. The lowest BCUT2D eigenvalue weighted by atomic mass is 9.99. The van der Waals surface area contributed by atoms with Crippen LogP contribution in [0.5, 0.6) is 0 Å². The molecule has 0 spiro atoms. The molecular weight excluding hydrogens is 733 g/mol. The fourth-order valence-corrected chi connectivity index (χ4v) is 8.72. The summed E-state index contributed by atoms with van der Waals surface area (Å²) in [7, 11) is 0. The van der Waals surface area contributed by atoms with E-state index in [0.717, 1.165) is 66.6 Å². The van der Waals surface area contributed by atoms with E-state index in [-0.39, 0.29) is 0 Å². The molecule has 5 heteroatoms. The van der Waals surface area contributed by atoms with Crippen molar-refractivity contribution >= 4 is 54.5 Å². The predicted octanol–water partition coefficient (Wildman–Crippen LogP) is 14.4. The summed E-state index contributed by atoms with van der Waals surface area (Å²) in [6.45, 7) is 0. The van der Waals surface area contributed by atoms with Gasteiger partial charge in [-0.25, -0.2) is 15.0 Å². The van der Waals surface area contributed by atoms with E-state index in [1.807, 2.05) is 48.5 Å². The molecule has 60 heavy (non-hydrogen) atoms. The van der Waals surface area contributed by atoms with Crippen molar-refractivity contribution in [3.63, 3.8) is 0 Å². The van der Waals surface area contributed by atoms with Gasteiger partial charge in [-0.1, -0.05) is 158 Å². The maximum Gasteiger partial charge on any atom is 0.164 e. The van der Waals surface area contributed by atoms with Crippen molar-refractivity contribution < 1.29 is 4.42 Å². The van der Waals surface area contributed by atoms with E-state index in [2.05, 4.69) is 162 Å². The minimum atomic E-state index is 0.590. The first-order valence-corrected chi connectivity index (χ1v) is 20.2. The van der Waals surface area contributed by atoms with Gasteiger partial charge in [-0.05, 0) is 81.6 Å². The Bertz CT molecular complexity index is 3590. The largest absolute Gasteiger partial charge is 0.456 e. The first-order valence-electron chi connectivity index (χ1n) is 20.2. The molecule has 3 heterocycles. The molecule has 0 aliphatic carbocycles. The number of aromatic nitrogens is 4. The standard InChI is InChI=1S/C55H34N4O/c1-3-12-35(13-4-1)37-22-24-39(25-23-37)54-56-53(38-15-5-2-6-16-38)57-55(58-54)45-19-11-21-51-52(45)47-34-42(28-31-50(47)60-51)41-27-30-49-46(33-41)44-18-9-10-20-48(44)59(49)43-29-26-36-14-7-8-17-40(36)32-43/h1-34H. The third-order valence-electron chi connectivity index (χ3n) is 11.7. The van der Waals surface area contributed by atoms with E-state index in [1.54, 1.807) is 0 Å². The summed E-state index contributed by atoms with van der Waals surface area (Å²) in [6.07, 6.45) is 0. The summed E-state index contributed by atoms with van der Waals surface area (Å²) in [5.74, 6) is 1.82. The molecule has 5 nitrogen and oxygen atoms in total. The van der Waals surface area contributed by atoms with Gasteiger partial charge in [-0.2, -0.15) is 0 Å². The number of hydrogen-bond donors (Lipinski definition) is 0. The summed E-state index contributed by atoms with van der Waals surface area (Å²) in [4.78, 5) is 15.3. The van der Waals surface area contributed by atoms with Crippen LogP contribution in [0, 0.1) is 0 Å². The van der Waals surface area contributed by atoms with Crippen LogP contribution in [0.25, 0.3) is 117 Å². The van der Waals surface area contributed by atoms with E-state index < -0.39 is 0 Å². The van der Waals surface area contributed by atoms with Gasteiger partial charge in [0.2, 0.25) is 0 Å².